The monoisotopic (exact) mass is 251 g/mol. The number of hydrogen-bond donors (Lipinski definition) is 1. The lowest BCUT2D eigenvalue weighted by molar-refractivity contribution is 0.116. The fourth-order valence-corrected chi connectivity index (χ4v) is 3.37. The van der Waals surface area contributed by atoms with E-state index >= 15 is 0 Å². The van der Waals surface area contributed by atoms with Gasteiger partial charge in [-0.3, -0.25) is 0 Å². The van der Waals surface area contributed by atoms with Gasteiger partial charge in [-0.05, 0) is 55.0 Å². The van der Waals surface area contributed by atoms with Crippen molar-refractivity contribution in [2.75, 3.05) is 13.1 Å². The summed E-state index contributed by atoms with van der Waals surface area (Å²) in [6.07, 6.45) is 6.96. The highest BCUT2D eigenvalue weighted by atomic mass is 32.1. The van der Waals surface area contributed by atoms with Gasteiger partial charge in [0.15, 0.2) is 0 Å². The number of aryl methyl sites for hydroxylation is 1. The van der Waals surface area contributed by atoms with E-state index < -0.39 is 0 Å². The van der Waals surface area contributed by atoms with Crippen molar-refractivity contribution in [1.29, 1.82) is 0 Å². The molecule has 0 aliphatic heterocycles. The van der Waals surface area contributed by atoms with E-state index in [-0.39, 0.29) is 0 Å². The van der Waals surface area contributed by atoms with Crippen LogP contribution < -0.4 is 5.32 Å². The van der Waals surface area contributed by atoms with Crippen LogP contribution in [0.2, 0.25) is 0 Å². The lowest BCUT2D eigenvalue weighted by atomic mass is 9.66. The summed E-state index contributed by atoms with van der Waals surface area (Å²) < 4.78 is 0. The number of nitrogens with one attached hydrogen (secondary N) is 1. The van der Waals surface area contributed by atoms with Gasteiger partial charge in [0.1, 0.15) is 0 Å². The standard InChI is InChI=1S/C15H25NS/c1-13(2)11-16-12-15(7-4-8-15)9-6-14-5-3-10-17-14/h3,5,10,13,16H,4,6-9,11-12H2,1-2H3. The van der Waals surface area contributed by atoms with Crippen LogP contribution in [-0.4, -0.2) is 13.1 Å². The van der Waals surface area contributed by atoms with Crippen molar-refractivity contribution in [1.82, 2.24) is 5.32 Å². The number of thiophene rings is 1. The van der Waals surface area contributed by atoms with E-state index in [2.05, 4.69) is 36.7 Å². The average Bonchev–Trinajstić information content (AvgIpc) is 2.73. The molecule has 0 saturated heterocycles. The van der Waals surface area contributed by atoms with Crippen LogP contribution in [0.1, 0.15) is 44.4 Å². The normalized spacial score (nSPS) is 18.3. The molecule has 0 spiro atoms. The quantitative estimate of drug-likeness (QED) is 0.769. The Labute approximate surface area is 110 Å². The maximum atomic E-state index is 3.66. The Hall–Kier alpha value is -0.340. The van der Waals surface area contributed by atoms with E-state index in [1.54, 1.807) is 4.88 Å². The largest absolute Gasteiger partial charge is 0.316 e. The maximum Gasteiger partial charge on any atom is 0.00454 e. The summed E-state index contributed by atoms with van der Waals surface area (Å²) in [5.74, 6) is 0.768. The van der Waals surface area contributed by atoms with Crippen molar-refractivity contribution in [3.63, 3.8) is 0 Å². The van der Waals surface area contributed by atoms with Gasteiger partial charge >= 0.3 is 0 Å². The van der Waals surface area contributed by atoms with E-state index in [0.29, 0.717) is 5.41 Å². The first kappa shape index (κ1) is 13.1. The molecule has 1 aromatic heterocycles. The molecule has 1 aromatic rings. The number of hydrogen-bond acceptors (Lipinski definition) is 2. The second-order valence-electron chi connectivity index (χ2n) is 5.96. The minimum atomic E-state index is 0.624. The first-order chi connectivity index (χ1) is 8.20. The molecular weight excluding hydrogens is 226 g/mol. The summed E-state index contributed by atoms with van der Waals surface area (Å²) in [6.45, 7) is 6.97. The molecule has 0 amide bonds. The Balaban J connectivity index is 1.74. The zero-order valence-electron chi connectivity index (χ0n) is 11.2. The van der Waals surface area contributed by atoms with E-state index in [0.717, 1.165) is 5.92 Å². The molecular formula is C15H25NS. The van der Waals surface area contributed by atoms with Gasteiger partial charge in [-0.2, -0.15) is 0 Å². The molecule has 1 aliphatic carbocycles. The van der Waals surface area contributed by atoms with Crippen LogP contribution >= 0.6 is 11.3 Å². The fraction of sp³-hybridized carbons (Fsp3) is 0.733. The second kappa shape index (κ2) is 6.01. The Bertz CT molecular complexity index is 312. The molecule has 1 aliphatic rings. The van der Waals surface area contributed by atoms with Crippen LogP contribution in [0.5, 0.6) is 0 Å². The minimum Gasteiger partial charge on any atom is -0.316 e. The van der Waals surface area contributed by atoms with Crippen LogP contribution in [0.4, 0.5) is 0 Å². The highest BCUT2D eigenvalue weighted by Crippen LogP contribution is 2.44. The van der Waals surface area contributed by atoms with Gasteiger partial charge in [0, 0.05) is 11.4 Å². The first-order valence-electron chi connectivity index (χ1n) is 6.93. The van der Waals surface area contributed by atoms with Crippen molar-refractivity contribution < 1.29 is 0 Å². The summed E-state index contributed by atoms with van der Waals surface area (Å²) in [5.41, 5.74) is 0.624. The molecule has 0 unspecified atom stereocenters. The van der Waals surface area contributed by atoms with Gasteiger partial charge < -0.3 is 5.32 Å². The fourth-order valence-electron chi connectivity index (χ4n) is 2.66. The van der Waals surface area contributed by atoms with E-state index in [1.807, 2.05) is 11.3 Å². The topological polar surface area (TPSA) is 12.0 Å². The molecule has 2 rings (SSSR count). The minimum absolute atomic E-state index is 0.624. The summed E-state index contributed by atoms with van der Waals surface area (Å²) in [7, 11) is 0. The third-order valence-corrected chi connectivity index (χ3v) is 4.88. The molecule has 0 bridgehead atoms. The van der Waals surface area contributed by atoms with Crippen molar-refractivity contribution >= 4 is 11.3 Å². The average molecular weight is 251 g/mol. The van der Waals surface area contributed by atoms with Crippen LogP contribution in [0, 0.1) is 11.3 Å². The van der Waals surface area contributed by atoms with E-state index in [9.17, 15) is 0 Å². The zero-order valence-corrected chi connectivity index (χ0v) is 12.0. The van der Waals surface area contributed by atoms with Crippen molar-refractivity contribution in [3.05, 3.63) is 22.4 Å². The van der Waals surface area contributed by atoms with Gasteiger partial charge in [-0.15, -0.1) is 11.3 Å². The molecule has 1 N–H and O–H groups in total. The first-order valence-corrected chi connectivity index (χ1v) is 7.81. The third kappa shape index (κ3) is 3.82. The number of rotatable bonds is 7. The summed E-state index contributed by atoms with van der Waals surface area (Å²) in [6, 6.07) is 4.45. The van der Waals surface area contributed by atoms with Gasteiger partial charge in [0.2, 0.25) is 0 Å². The Morgan fingerprint density at radius 2 is 2.24 bits per heavy atom. The lowest BCUT2D eigenvalue weighted by Gasteiger charge is -2.42. The van der Waals surface area contributed by atoms with Gasteiger partial charge in [0.05, 0.1) is 0 Å². The van der Waals surface area contributed by atoms with Gasteiger partial charge in [0.25, 0.3) is 0 Å². The molecule has 1 nitrogen and oxygen atoms in total. The van der Waals surface area contributed by atoms with Crippen LogP contribution in [-0.2, 0) is 6.42 Å². The van der Waals surface area contributed by atoms with Crippen LogP contribution in [0.25, 0.3) is 0 Å². The van der Waals surface area contributed by atoms with Crippen LogP contribution in [0.15, 0.2) is 17.5 Å². The predicted molar refractivity (Wildman–Crippen MR) is 76.6 cm³/mol. The smallest absolute Gasteiger partial charge is 0.00454 e. The van der Waals surface area contributed by atoms with E-state index in [1.165, 1.54) is 45.2 Å². The Morgan fingerprint density at radius 3 is 2.76 bits per heavy atom. The Morgan fingerprint density at radius 1 is 1.41 bits per heavy atom. The molecule has 1 heterocycles. The summed E-state index contributed by atoms with van der Waals surface area (Å²) in [4.78, 5) is 1.56. The molecule has 17 heavy (non-hydrogen) atoms. The molecule has 0 atom stereocenters. The van der Waals surface area contributed by atoms with E-state index in [4.69, 9.17) is 0 Å². The molecule has 1 fully saturated rings. The van der Waals surface area contributed by atoms with Crippen molar-refractivity contribution in [2.24, 2.45) is 11.3 Å². The summed E-state index contributed by atoms with van der Waals surface area (Å²) >= 11 is 1.91. The van der Waals surface area contributed by atoms with Gasteiger partial charge in [-0.1, -0.05) is 26.3 Å². The second-order valence-corrected chi connectivity index (χ2v) is 6.99. The Kier molecular flexibility index (Phi) is 4.63. The van der Waals surface area contributed by atoms with Crippen molar-refractivity contribution in [3.8, 4) is 0 Å². The summed E-state index contributed by atoms with van der Waals surface area (Å²) in [5, 5.41) is 5.86. The molecule has 96 valence electrons. The molecule has 2 heteroatoms. The molecule has 1 saturated carbocycles. The lowest BCUT2D eigenvalue weighted by Crippen LogP contribution is -2.41. The maximum absolute atomic E-state index is 3.66. The van der Waals surface area contributed by atoms with Crippen molar-refractivity contribution in [2.45, 2.75) is 46.0 Å². The zero-order chi connectivity index (χ0) is 12.1. The molecule has 0 radical (unpaired) electrons. The third-order valence-electron chi connectivity index (χ3n) is 3.95. The highest BCUT2D eigenvalue weighted by molar-refractivity contribution is 7.09. The van der Waals surface area contributed by atoms with Crippen LogP contribution in [0.3, 0.4) is 0 Å². The van der Waals surface area contributed by atoms with Gasteiger partial charge in [-0.25, -0.2) is 0 Å². The SMILES string of the molecule is CC(C)CNCC1(CCc2cccs2)CCC1. The predicted octanol–water partition coefficient (Wildman–Crippen LogP) is 4.10. The highest BCUT2D eigenvalue weighted by Gasteiger charge is 2.35. The molecule has 0 aromatic carbocycles.